The van der Waals surface area contributed by atoms with Crippen molar-refractivity contribution in [3.05, 3.63) is 45.2 Å². The summed E-state index contributed by atoms with van der Waals surface area (Å²) < 4.78 is 6.13. The molecule has 2 fully saturated rings. The predicted molar refractivity (Wildman–Crippen MR) is 100 cm³/mol. The number of hydrogen-bond acceptors (Lipinski definition) is 4. The molecule has 0 bridgehead atoms. The first kappa shape index (κ1) is 16.8. The number of benzene rings is 1. The maximum Gasteiger partial charge on any atom is 0.189 e. The van der Waals surface area contributed by atoms with Crippen molar-refractivity contribution >= 4 is 10.9 Å². The van der Waals surface area contributed by atoms with Crippen LogP contribution in [0.25, 0.3) is 10.9 Å². The van der Waals surface area contributed by atoms with Gasteiger partial charge in [0.25, 0.3) is 0 Å². The molecule has 5 heteroatoms. The van der Waals surface area contributed by atoms with E-state index >= 15 is 0 Å². The van der Waals surface area contributed by atoms with Crippen molar-refractivity contribution in [1.82, 2.24) is 15.6 Å². The third kappa shape index (κ3) is 3.36. The van der Waals surface area contributed by atoms with Crippen LogP contribution in [-0.4, -0.2) is 36.3 Å². The quantitative estimate of drug-likeness (QED) is 0.800. The Labute approximate surface area is 148 Å². The second kappa shape index (κ2) is 6.56. The van der Waals surface area contributed by atoms with Crippen molar-refractivity contribution in [2.75, 3.05) is 19.7 Å². The summed E-state index contributed by atoms with van der Waals surface area (Å²) in [5.41, 5.74) is 4.29. The van der Waals surface area contributed by atoms with Crippen LogP contribution in [0.5, 0.6) is 0 Å². The van der Waals surface area contributed by atoms with E-state index in [1.165, 1.54) is 0 Å². The van der Waals surface area contributed by atoms with Crippen LogP contribution in [0.4, 0.5) is 0 Å². The fourth-order valence-corrected chi connectivity index (χ4v) is 4.32. The first-order chi connectivity index (χ1) is 12.0. The Balaban J connectivity index is 1.47. The van der Waals surface area contributed by atoms with E-state index in [1.54, 1.807) is 6.07 Å². The third-order valence-electron chi connectivity index (χ3n) is 5.64. The highest BCUT2D eigenvalue weighted by molar-refractivity contribution is 5.82. The third-order valence-corrected chi connectivity index (χ3v) is 5.64. The van der Waals surface area contributed by atoms with E-state index in [4.69, 9.17) is 4.74 Å². The maximum atomic E-state index is 12.5. The van der Waals surface area contributed by atoms with Crippen molar-refractivity contribution in [2.24, 2.45) is 0 Å². The van der Waals surface area contributed by atoms with Crippen molar-refractivity contribution in [1.29, 1.82) is 0 Å². The summed E-state index contributed by atoms with van der Waals surface area (Å²) >= 11 is 0. The Morgan fingerprint density at radius 2 is 2.04 bits per heavy atom. The molecule has 5 nitrogen and oxygen atoms in total. The lowest BCUT2D eigenvalue weighted by Gasteiger charge is -2.32. The largest absolute Gasteiger partial charge is 0.373 e. The molecule has 3 heterocycles. The standard InChI is InChI=1S/C20H27N3O2/c1-13-7-14(2)19-17(8-13)18(24)9-15(23-19)11-22-16-10-20(25-12-16)3-5-21-6-4-20/h7-9,16,21-22H,3-6,10-12H2,1-2H3,(H,23,24)/t16-/m1/s1. The van der Waals surface area contributed by atoms with Gasteiger partial charge in [-0.2, -0.15) is 0 Å². The average molecular weight is 341 g/mol. The first-order valence-corrected chi connectivity index (χ1v) is 9.26. The molecule has 1 atom stereocenters. The van der Waals surface area contributed by atoms with Gasteiger partial charge in [-0.05, 0) is 63.4 Å². The Morgan fingerprint density at radius 3 is 2.84 bits per heavy atom. The minimum atomic E-state index is 0.0633. The van der Waals surface area contributed by atoms with Crippen LogP contribution >= 0.6 is 0 Å². The zero-order valence-corrected chi connectivity index (χ0v) is 15.1. The second-order valence-electron chi connectivity index (χ2n) is 7.69. The molecular weight excluding hydrogens is 314 g/mol. The van der Waals surface area contributed by atoms with Crippen LogP contribution in [0.1, 0.15) is 36.1 Å². The Kier molecular flexibility index (Phi) is 4.40. The minimum Gasteiger partial charge on any atom is -0.373 e. The predicted octanol–water partition coefficient (Wildman–Crippen LogP) is 2.15. The molecule has 3 N–H and O–H groups in total. The highest BCUT2D eigenvalue weighted by Crippen LogP contribution is 2.33. The van der Waals surface area contributed by atoms with Crippen LogP contribution in [0.3, 0.4) is 0 Å². The summed E-state index contributed by atoms with van der Waals surface area (Å²) in [5.74, 6) is 0. The zero-order valence-electron chi connectivity index (χ0n) is 15.1. The van der Waals surface area contributed by atoms with E-state index in [2.05, 4.69) is 21.7 Å². The molecule has 2 aliphatic heterocycles. The van der Waals surface area contributed by atoms with Gasteiger partial charge >= 0.3 is 0 Å². The van der Waals surface area contributed by atoms with Gasteiger partial charge in [0, 0.05) is 29.7 Å². The highest BCUT2D eigenvalue weighted by atomic mass is 16.5. The van der Waals surface area contributed by atoms with Crippen LogP contribution in [0, 0.1) is 13.8 Å². The summed E-state index contributed by atoms with van der Waals surface area (Å²) in [6.45, 7) is 7.59. The number of aryl methyl sites for hydroxylation is 2. The van der Waals surface area contributed by atoms with Gasteiger partial charge in [0.15, 0.2) is 5.43 Å². The molecule has 4 rings (SSSR count). The van der Waals surface area contributed by atoms with Gasteiger partial charge in [-0.15, -0.1) is 0 Å². The van der Waals surface area contributed by atoms with E-state index in [-0.39, 0.29) is 11.0 Å². The van der Waals surface area contributed by atoms with Gasteiger partial charge in [0.1, 0.15) is 0 Å². The molecule has 1 aromatic carbocycles. The molecule has 0 unspecified atom stereocenters. The van der Waals surface area contributed by atoms with Crippen molar-refractivity contribution in [3.63, 3.8) is 0 Å². The van der Waals surface area contributed by atoms with Gasteiger partial charge in [-0.25, -0.2) is 0 Å². The lowest BCUT2D eigenvalue weighted by molar-refractivity contribution is -0.0194. The molecule has 1 spiro atoms. The van der Waals surface area contributed by atoms with E-state index < -0.39 is 0 Å². The second-order valence-corrected chi connectivity index (χ2v) is 7.69. The molecule has 2 saturated heterocycles. The van der Waals surface area contributed by atoms with Crippen LogP contribution in [-0.2, 0) is 11.3 Å². The van der Waals surface area contributed by atoms with Gasteiger partial charge in [0.2, 0.25) is 0 Å². The summed E-state index contributed by atoms with van der Waals surface area (Å²) in [5, 5.41) is 7.75. The molecule has 2 aliphatic rings. The van der Waals surface area contributed by atoms with E-state index in [0.717, 1.165) is 66.7 Å². The van der Waals surface area contributed by atoms with Gasteiger partial charge < -0.3 is 20.4 Å². The topological polar surface area (TPSA) is 66.2 Å². The molecule has 0 radical (unpaired) electrons. The van der Waals surface area contributed by atoms with Crippen LogP contribution < -0.4 is 16.1 Å². The zero-order chi connectivity index (χ0) is 17.4. The fraction of sp³-hybridized carbons (Fsp3) is 0.550. The van der Waals surface area contributed by atoms with Crippen molar-refractivity contribution in [2.45, 2.75) is 51.3 Å². The molecule has 25 heavy (non-hydrogen) atoms. The summed E-state index contributed by atoms with van der Waals surface area (Å²) in [4.78, 5) is 15.9. The van der Waals surface area contributed by atoms with Crippen LogP contribution in [0.15, 0.2) is 23.0 Å². The summed E-state index contributed by atoms with van der Waals surface area (Å²) in [6, 6.07) is 6.16. The molecule has 0 aliphatic carbocycles. The van der Waals surface area contributed by atoms with E-state index in [0.29, 0.717) is 12.6 Å². The number of fused-ring (bicyclic) bond motifs is 1. The normalized spacial score (nSPS) is 22.7. The molecule has 2 aromatic rings. The molecule has 134 valence electrons. The number of pyridine rings is 1. The maximum absolute atomic E-state index is 12.5. The lowest BCUT2D eigenvalue weighted by Crippen LogP contribution is -2.42. The SMILES string of the molecule is Cc1cc(C)c2[nH]c(CN[C@H]3COC4(CCNCC4)C3)cc(=O)c2c1. The van der Waals surface area contributed by atoms with Gasteiger partial charge in [0.05, 0.1) is 17.7 Å². The number of piperidine rings is 1. The number of ether oxygens (including phenoxy) is 1. The number of aromatic amines is 1. The Morgan fingerprint density at radius 1 is 1.24 bits per heavy atom. The first-order valence-electron chi connectivity index (χ1n) is 9.26. The van der Waals surface area contributed by atoms with Gasteiger partial charge in [-0.1, -0.05) is 6.07 Å². The summed E-state index contributed by atoms with van der Waals surface area (Å²) in [6.07, 6.45) is 3.25. The number of nitrogens with one attached hydrogen (secondary N) is 3. The number of hydrogen-bond donors (Lipinski definition) is 3. The Hall–Kier alpha value is -1.69. The fourth-order valence-electron chi connectivity index (χ4n) is 4.32. The summed E-state index contributed by atoms with van der Waals surface area (Å²) in [7, 11) is 0. The Bertz CT molecular complexity index is 837. The average Bonchev–Trinajstić information content (AvgIpc) is 2.97. The molecule has 1 aromatic heterocycles. The van der Waals surface area contributed by atoms with E-state index in [9.17, 15) is 4.79 Å². The highest BCUT2D eigenvalue weighted by Gasteiger charge is 2.40. The molecule has 0 saturated carbocycles. The number of aromatic nitrogens is 1. The smallest absolute Gasteiger partial charge is 0.189 e. The van der Waals surface area contributed by atoms with Crippen molar-refractivity contribution in [3.8, 4) is 0 Å². The minimum absolute atomic E-state index is 0.0633. The number of rotatable bonds is 3. The molecule has 0 amide bonds. The monoisotopic (exact) mass is 341 g/mol. The van der Waals surface area contributed by atoms with Crippen LogP contribution in [0.2, 0.25) is 0 Å². The lowest BCUT2D eigenvalue weighted by atomic mass is 9.88. The van der Waals surface area contributed by atoms with E-state index in [1.807, 2.05) is 19.9 Å². The molecular formula is C20H27N3O2. The van der Waals surface area contributed by atoms with Gasteiger partial charge in [-0.3, -0.25) is 4.79 Å². The number of H-pyrrole nitrogens is 1. The van der Waals surface area contributed by atoms with Crippen molar-refractivity contribution < 1.29 is 4.74 Å².